The molecule has 0 radical (unpaired) electrons. The lowest BCUT2D eigenvalue weighted by Gasteiger charge is -2.33. The second-order valence-corrected chi connectivity index (χ2v) is 8.90. The molecule has 1 saturated heterocycles. The quantitative estimate of drug-likeness (QED) is 0.513. The number of anilines is 1. The SMILES string of the molecule is Cc1ccc(NC(=O)NCC2CCCN(C(=O)c3ccc4c(=O)n(C)c(=S)[nH]c4c3)C2)cc1. The molecule has 1 atom stereocenters. The Hall–Kier alpha value is -3.46. The lowest BCUT2D eigenvalue weighted by atomic mass is 9.97. The zero-order chi connectivity index (χ0) is 23.5. The lowest BCUT2D eigenvalue weighted by Crippen LogP contribution is -2.44. The largest absolute Gasteiger partial charge is 0.338 e. The smallest absolute Gasteiger partial charge is 0.319 e. The number of hydrogen-bond acceptors (Lipinski definition) is 4. The van der Waals surface area contributed by atoms with Crippen LogP contribution in [0.5, 0.6) is 0 Å². The Kier molecular flexibility index (Phi) is 6.60. The van der Waals surface area contributed by atoms with Gasteiger partial charge in [-0.3, -0.25) is 14.2 Å². The van der Waals surface area contributed by atoms with Crippen LogP contribution in [0.1, 0.15) is 28.8 Å². The van der Waals surface area contributed by atoms with Gasteiger partial charge in [-0.05, 0) is 68.2 Å². The van der Waals surface area contributed by atoms with Gasteiger partial charge in [0.05, 0.1) is 10.9 Å². The van der Waals surface area contributed by atoms with E-state index in [-0.39, 0.29) is 23.4 Å². The number of H-pyrrole nitrogens is 1. The molecular weight excluding hydrogens is 438 g/mol. The maximum Gasteiger partial charge on any atom is 0.319 e. The van der Waals surface area contributed by atoms with Crippen molar-refractivity contribution in [2.45, 2.75) is 19.8 Å². The number of nitrogens with zero attached hydrogens (tertiary/aromatic N) is 2. The first kappa shape index (κ1) is 22.7. The first-order chi connectivity index (χ1) is 15.8. The Labute approximate surface area is 196 Å². The fourth-order valence-electron chi connectivity index (χ4n) is 4.09. The van der Waals surface area contributed by atoms with E-state index in [2.05, 4.69) is 15.6 Å². The average molecular weight is 466 g/mol. The third kappa shape index (κ3) is 5.14. The van der Waals surface area contributed by atoms with Crippen LogP contribution in [0.15, 0.2) is 47.3 Å². The van der Waals surface area contributed by atoms with Crippen LogP contribution in [0.2, 0.25) is 0 Å². The molecule has 1 fully saturated rings. The lowest BCUT2D eigenvalue weighted by molar-refractivity contribution is 0.0675. The Balaban J connectivity index is 1.38. The van der Waals surface area contributed by atoms with Crippen LogP contribution in [-0.2, 0) is 7.05 Å². The van der Waals surface area contributed by atoms with E-state index in [4.69, 9.17) is 12.2 Å². The molecule has 2 aromatic carbocycles. The van der Waals surface area contributed by atoms with Crippen molar-refractivity contribution in [1.29, 1.82) is 0 Å². The number of aryl methyl sites for hydroxylation is 1. The number of rotatable bonds is 4. The van der Waals surface area contributed by atoms with Gasteiger partial charge < -0.3 is 20.5 Å². The Morgan fingerprint density at radius 3 is 2.70 bits per heavy atom. The summed E-state index contributed by atoms with van der Waals surface area (Å²) in [4.78, 5) is 42.6. The van der Waals surface area contributed by atoms with Crippen LogP contribution >= 0.6 is 12.2 Å². The van der Waals surface area contributed by atoms with E-state index in [1.165, 1.54) is 4.57 Å². The van der Waals surface area contributed by atoms with Crippen LogP contribution in [0.25, 0.3) is 10.9 Å². The molecule has 1 aromatic heterocycles. The second kappa shape index (κ2) is 9.58. The molecule has 8 nitrogen and oxygen atoms in total. The van der Waals surface area contributed by atoms with E-state index in [0.717, 1.165) is 24.1 Å². The topological polar surface area (TPSA) is 99.2 Å². The molecule has 3 aromatic rings. The summed E-state index contributed by atoms with van der Waals surface area (Å²) in [5.41, 5.74) is 2.73. The normalized spacial score (nSPS) is 15.9. The van der Waals surface area contributed by atoms with E-state index in [1.807, 2.05) is 36.1 Å². The molecule has 3 amide bonds. The summed E-state index contributed by atoms with van der Waals surface area (Å²) in [7, 11) is 1.61. The predicted molar refractivity (Wildman–Crippen MR) is 131 cm³/mol. The number of amides is 3. The Morgan fingerprint density at radius 1 is 1.18 bits per heavy atom. The van der Waals surface area contributed by atoms with Gasteiger partial charge in [0, 0.05) is 37.9 Å². The summed E-state index contributed by atoms with van der Waals surface area (Å²) < 4.78 is 1.68. The van der Waals surface area contributed by atoms with Crippen molar-refractivity contribution in [2.24, 2.45) is 13.0 Å². The molecule has 0 saturated carbocycles. The molecule has 1 unspecified atom stereocenters. The number of fused-ring (bicyclic) bond motifs is 1. The highest BCUT2D eigenvalue weighted by atomic mass is 32.1. The number of piperidine rings is 1. The third-order valence-electron chi connectivity index (χ3n) is 6.01. The van der Waals surface area contributed by atoms with Gasteiger partial charge in [-0.1, -0.05) is 17.7 Å². The molecule has 2 heterocycles. The fraction of sp³-hybridized carbons (Fsp3) is 0.333. The molecule has 9 heteroatoms. The van der Waals surface area contributed by atoms with Crippen molar-refractivity contribution < 1.29 is 9.59 Å². The molecule has 4 rings (SSSR count). The highest BCUT2D eigenvalue weighted by molar-refractivity contribution is 7.71. The average Bonchev–Trinajstić information content (AvgIpc) is 2.82. The number of aromatic amines is 1. The van der Waals surface area contributed by atoms with E-state index >= 15 is 0 Å². The van der Waals surface area contributed by atoms with Crippen LogP contribution < -0.4 is 16.2 Å². The first-order valence-corrected chi connectivity index (χ1v) is 11.4. The number of urea groups is 1. The van der Waals surface area contributed by atoms with E-state index in [1.54, 1.807) is 25.2 Å². The number of aromatic nitrogens is 2. The number of carbonyl (C=O) groups is 2. The van der Waals surface area contributed by atoms with Gasteiger partial charge in [-0.2, -0.15) is 0 Å². The van der Waals surface area contributed by atoms with Gasteiger partial charge in [0.2, 0.25) is 0 Å². The van der Waals surface area contributed by atoms with Crippen LogP contribution in [0.4, 0.5) is 10.5 Å². The monoisotopic (exact) mass is 465 g/mol. The summed E-state index contributed by atoms with van der Waals surface area (Å²) in [5.74, 6) is 0.0794. The van der Waals surface area contributed by atoms with E-state index < -0.39 is 0 Å². The van der Waals surface area contributed by atoms with Crippen molar-refractivity contribution in [3.05, 3.63) is 68.7 Å². The molecule has 1 aliphatic heterocycles. The first-order valence-electron chi connectivity index (χ1n) is 11.0. The van der Waals surface area contributed by atoms with Crippen molar-refractivity contribution >= 4 is 40.7 Å². The summed E-state index contributed by atoms with van der Waals surface area (Å²) in [6, 6.07) is 12.4. The molecule has 0 aliphatic carbocycles. The minimum absolute atomic E-state index is 0.0919. The number of carbonyl (C=O) groups excluding carboxylic acids is 2. The number of hydrogen-bond donors (Lipinski definition) is 3. The van der Waals surface area contributed by atoms with Crippen molar-refractivity contribution in [3.8, 4) is 0 Å². The van der Waals surface area contributed by atoms with Crippen molar-refractivity contribution in [3.63, 3.8) is 0 Å². The molecular formula is C24H27N5O3S. The summed E-state index contributed by atoms with van der Waals surface area (Å²) >= 11 is 5.19. The Morgan fingerprint density at radius 2 is 1.94 bits per heavy atom. The summed E-state index contributed by atoms with van der Waals surface area (Å²) in [6.45, 7) is 3.71. The molecule has 0 spiro atoms. The molecule has 33 heavy (non-hydrogen) atoms. The molecule has 3 N–H and O–H groups in total. The zero-order valence-corrected chi connectivity index (χ0v) is 19.5. The van der Waals surface area contributed by atoms with Crippen LogP contribution in [0, 0.1) is 17.6 Å². The van der Waals surface area contributed by atoms with Crippen molar-refractivity contribution in [1.82, 2.24) is 19.8 Å². The van der Waals surface area contributed by atoms with Crippen LogP contribution in [0.3, 0.4) is 0 Å². The Bertz CT molecular complexity index is 1310. The maximum absolute atomic E-state index is 13.1. The highest BCUT2D eigenvalue weighted by Gasteiger charge is 2.25. The van der Waals surface area contributed by atoms with Gasteiger partial charge in [-0.15, -0.1) is 0 Å². The number of benzene rings is 2. The highest BCUT2D eigenvalue weighted by Crippen LogP contribution is 2.20. The van der Waals surface area contributed by atoms with Gasteiger partial charge in [0.25, 0.3) is 11.5 Å². The van der Waals surface area contributed by atoms with E-state index in [9.17, 15) is 14.4 Å². The minimum atomic E-state index is -0.256. The summed E-state index contributed by atoms with van der Waals surface area (Å²) in [5, 5.41) is 6.23. The van der Waals surface area contributed by atoms with E-state index in [0.29, 0.717) is 40.9 Å². The third-order valence-corrected chi connectivity index (χ3v) is 6.39. The van der Waals surface area contributed by atoms with Crippen LogP contribution in [-0.4, -0.2) is 46.0 Å². The van der Waals surface area contributed by atoms with Gasteiger partial charge in [0.1, 0.15) is 0 Å². The molecule has 0 bridgehead atoms. The van der Waals surface area contributed by atoms with Gasteiger partial charge in [0.15, 0.2) is 4.77 Å². The number of likely N-dealkylation sites (tertiary alicyclic amines) is 1. The molecule has 1 aliphatic rings. The number of nitrogens with one attached hydrogen (secondary N) is 3. The molecule has 172 valence electrons. The second-order valence-electron chi connectivity index (χ2n) is 8.52. The fourth-order valence-corrected chi connectivity index (χ4v) is 4.28. The minimum Gasteiger partial charge on any atom is -0.338 e. The predicted octanol–water partition coefficient (Wildman–Crippen LogP) is 3.58. The van der Waals surface area contributed by atoms with Gasteiger partial charge in [-0.25, -0.2) is 4.79 Å². The van der Waals surface area contributed by atoms with Gasteiger partial charge >= 0.3 is 6.03 Å². The maximum atomic E-state index is 13.1. The standard InChI is InChI=1S/C24H27N5O3S/c1-15-5-8-18(9-6-15)26-23(32)25-13-16-4-3-11-29(14-16)21(30)17-7-10-19-20(12-17)27-24(33)28(2)22(19)31/h5-10,12,16H,3-4,11,13-14H2,1-2H3,(H,27,33)(H2,25,26,32). The summed E-state index contributed by atoms with van der Waals surface area (Å²) in [6.07, 6.45) is 1.81. The van der Waals surface area contributed by atoms with Crippen molar-refractivity contribution in [2.75, 3.05) is 25.0 Å². The zero-order valence-electron chi connectivity index (χ0n) is 18.7.